The minimum Gasteiger partial charge on any atom is -0.441 e. The molecule has 1 heterocycles. The zero-order valence-corrected chi connectivity index (χ0v) is 14.1. The van der Waals surface area contributed by atoms with E-state index in [0.717, 1.165) is 23.9 Å². The van der Waals surface area contributed by atoms with E-state index in [0.29, 0.717) is 17.2 Å². The topological polar surface area (TPSA) is 38.1 Å². The number of aromatic nitrogens is 1. The Morgan fingerprint density at radius 1 is 1.33 bits per heavy atom. The summed E-state index contributed by atoms with van der Waals surface area (Å²) in [6, 6.07) is 4.51. The van der Waals surface area contributed by atoms with Crippen molar-refractivity contribution in [2.75, 3.05) is 6.54 Å². The summed E-state index contributed by atoms with van der Waals surface area (Å²) in [7, 11) is 0. The lowest BCUT2D eigenvalue weighted by Gasteiger charge is -2.20. The largest absolute Gasteiger partial charge is 0.441 e. The lowest BCUT2D eigenvalue weighted by molar-refractivity contribution is 0.412. The van der Waals surface area contributed by atoms with E-state index < -0.39 is 0 Å². The van der Waals surface area contributed by atoms with Gasteiger partial charge in [0.15, 0.2) is 11.7 Å². The number of aryl methyl sites for hydroxylation is 1. The molecule has 5 heteroatoms. The van der Waals surface area contributed by atoms with Crippen LogP contribution in [0.2, 0.25) is 0 Å². The van der Waals surface area contributed by atoms with Crippen molar-refractivity contribution in [3.63, 3.8) is 0 Å². The van der Waals surface area contributed by atoms with Gasteiger partial charge < -0.3 is 9.73 Å². The van der Waals surface area contributed by atoms with Crippen LogP contribution >= 0.6 is 15.9 Å². The van der Waals surface area contributed by atoms with Gasteiger partial charge >= 0.3 is 0 Å². The Hall–Kier alpha value is -1.20. The second kappa shape index (κ2) is 6.71. The van der Waals surface area contributed by atoms with Gasteiger partial charge in [0.05, 0.1) is 6.20 Å². The van der Waals surface area contributed by atoms with Crippen LogP contribution in [0.4, 0.5) is 4.39 Å². The fourth-order valence-corrected chi connectivity index (χ4v) is 2.38. The van der Waals surface area contributed by atoms with E-state index in [9.17, 15) is 4.39 Å². The predicted molar refractivity (Wildman–Crippen MR) is 85.7 cm³/mol. The third kappa shape index (κ3) is 4.93. The maximum absolute atomic E-state index is 13.3. The molecule has 2 aromatic rings. The molecule has 2 rings (SSSR count). The van der Waals surface area contributed by atoms with E-state index in [1.165, 1.54) is 12.1 Å². The van der Waals surface area contributed by atoms with Crippen LogP contribution in [0.15, 0.2) is 33.3 Å². The second-order valence-corrected chi connectivity index (χ2v) is 6.88. The van der Waals surface area contributed by atoms with Crippen molar-refractivity contribution < 1.29 is 8.81 Å². The van der Waals surface area contributed by atoms with Crippen LogP contribution in [0.5, 0.6) is 0 Å². The summed E-state index contributed by atoms with van der Waals surface area (Å²) in [4.78, 5) is 4.26. The van der Waals surface area contributed by atoms with Gasteiger partial charge in [-0.3, -0.25) is 0 Å². The molecule has 1 N–H and O–H groups in total. The summed E-state index contributed by atoms with van der Waals surface area (Å²) >= 11 is 3.40. The van der Waals surface area contributed by atoms with Crippen LogP contribution in [0.1, 0.15) is 33.1 Å². The molecule has 0 amide bonds. The first-order valence-corrected chi connectivity index (χ1v) is 7.79. The number of benzene rings is 1. The normalized spacial score (nSPS) is 11.9. The first-order valence-electron chi connectivity index (χ1n) is 7.00. The van der Waals surface area contributed by atoms with Crippen LogP contribution in [0, 0.1) is 5.82 Å². The molecule has 1 aromatic heterocycles. The van der Waals surface area contributed by atoms with Crippen LogP contribution < -0.4 is 5.32 Å². The molecule has 0 atom stereocenters. The van der Waals surface area contributed by atoms with Gasteiger partial charge in [-0.25, -0.2) is 9.37 Å². The van der Waals surface area contributed by atoms with Gasteiger partial charge in [-0.2, -0.15) is 0 Å². The van der Waals surface area contributed by atoms with E-state index in [-0.39, 0.29) is 11.4 Å². The maximum Gasteiger partial charge on any atom is 0.194 e. The van der Waals surface area contributed by atoms with Crippen molar-refractivity contribution in [1.29, 1.82) is 0 Å². The molecular formula is C16H20BrFN2O. The van der Waals surface area contributed by atoms with Crippen molar-refractivity contribution in [3.05, 3.63) is 40.6 Å². The lowest BCUT2D eigenvalue weighted by Crippen LogP contribution is -2.36. The van der Waals surface area contributed by atoms with Gasteiger partial charge in [-0.1, -0.05) is 15.9 Å². The van der Waals surface area contributed by atoms with Gasteiger partial charge in [0, 0.05) is 22.0 Å². The van der Waals surface area contributed by atoms with Crippen molar-refractivity contribution in [3.8, 4) is 11.3 Å². The van der Waals surface area contributed by atoms with E-state index >= 15 is 0 Å². The third-order valence-corrected chi connectivity index (χ3v) is 3.66. The number of hydrogen-bond donors (Lipinski definition) is 1. The quantitative estimate of drug-likeness (QED) is 0.799. The molecule has 0 radical (unpaired) electrons. The van der Waals surface area contributed by atoms with Crippen LogP contribution in [0.25, 0.3) is 11.3 Å². The summed E-state index contributed by atoms with van der Waals surface area (Å²) in [5.41, 5.74) is 0.801. The van der Waals surface area contributed by atoms with Crippen molar-refractivity contribution in [1.82, 2.24) is 10.3 Å². The summed E-state index contributed by atoms with van der Waals surface area (Å²) in [5.74, 6) is 0.970. The third-order valence-electron chi connectivity index (χ3n) is 2.97. The van der Waals surface area contributed by atoms with Gasteiger partial charge in [0.2, 0.25) is 0 Å². The number of nitrogens with one attached hydrogen (secondary N) is 1. The molecule has 21 heavy (non-hydrogen) atoms. The maximum atomic E-state index is 13.3. The average molecular weight is 355 g/mol. The fraction of sp³-hybridized carbons (Fsp3) is 0.438. The molecule has 0 saturated heterocycles. The van der Waals surface area contributed by atoms with E-state index in [1.54, 1.807) is 12.3 Å². The summed E-state index contributed by atoms with van der Waals surface area (Å²) in [5, 5.41) is 3.42. The van der Waals surface area contributed by atoms with E-state index in [4.69, 9.17) is 4.42 Å². The molecule has 0 fully saturated rings. The smallest absolute Gasteiger partial charge is 0.194 e. The van der Waals surface area contributed by atoms with E-state index in [2.05, 4.69) is 47.0 Å². The average Bonchev–Trinajstić information content (AvgIpc) is 2.85. The van der Waals surface area contributed by atoms with Crippen molar-refractivity contribution in [2.24, 2.45) is 0 Å². The highest BCUT2D eigenvalue weighted by Crippen LogP contribution is 2.29. The van der Waals surface area contributed by atoms with Crippen LogP contribution in [-0.4, -0.2) is 17.1 Å². The molecule has 0 unspecified atom stereocenters. The fourth-order valence-electron chi connectivity index (χ4n) is 1.94. The second-order valence-electron chi connectivity index (χ2n) is 6.02. The first kappa shape index (κ1) is 16.2. The summed E-state index contributed by atoms with van der Waals surface area (Å²) < 4.78 is 19.8. The molecule has 114 valence electrons. The number of hydrogen-bond acceptors (Lipinski definition) is 3. The molecular weight excluding hydrogens is 335 g/mol. The zero-order valence-electron chi connectivity index (χ0n) is 12.5. The van der Waals surface area contributed by atoms with Crippen LogP contribution in [0.3, 0.4) is 0 Å². The molecule has 1 aromatic carbocycles. The van der Waals surface area contributed by atoms with Gasteiger partial charge in [-0.05, 0) is 51.9 Å². The highest BCUT2D eigenvalue weighted by molar-refractivity contribution is 9.10. The minimum atomic E-state index is -0.291. The SMILES string of the molecule is CC(C)(C)NCCCc1ncc(-c2cc(F)ccc2Br)o1. The monoisotopic (exact) mass is 354 g/mol. The minimum absolute atomic E-state index is 0.119. The zero-order chi connectivity index (χ0) is 15.5. The van der Waals surface area contributed by atoms with Gasteiger partial charge in [0.25, 0.3) is 0 Å². The molecule has 3 nitrogen and oxygen atoms in total. The Kier molecular flexibility index (Phi) is 5.17. The molecule has 0 bridgehead atoms. The Bertz CT molecular complexity index is 605. The standard InChI is InChI=1S/C16H20BrFN2O/c1-16(2,3)20-8-4-5-15-19-10-14(21-15)12-9-11(18)6-7-13(12)17/h6-7,9-10,20H,4-5,8H2,1-3H3. The molecule has 0 spiro atoms. The number of rotatable bonds is 5. The predicted octanol–water partition coefficient (Wildman–Crippen LogP) is 4.56. The molecule has 0 aliphatic rings. The Labute approximate surface area is 133 Å². The number of oxazole rings is 1. The Morgan fingerprint density at radius 3 is 2.81 bits per heavy atom. The van der Waals surface area contributed by atoms with Crippen LogP contribution in [-0.2, 0) is 6.42 Å². The van der Waals surface area contributed by atoms with Gasteiger partial charge in [0.1, 0.15) is 5.82 Å². The Balaban J connectivity index is 1.97. The highest BCUT2D eigenvalue weighted by atomic mass is 79.9. The molecule has 0 aliphatic carbocycles. The molecule has 0 aliphatic heterocycles. The molecule has 0 saturated carbocycles. The van der Waals surface area contributed by atoms with Crippen molar-refractivity contribution in [2.45, 2.75) is 39.2 Å². The van der Waals surface area contributed by atoms with E-state index in [1.807, 2.05) is 0 Å². The highest BCUT2D eigenvalue weighted by Gasteiger charge is 2.12. The summed E-state index contributed by atoms with van der Waals surface area (Å²) in [6.07, 6.45) is 3.35. The summed E-state index contributed by atoms with van der Waals surface area (Å²) in [6.45, 7) is 7.32. The van der Waals surface area contributed by atoms with Gasteiger partial charge in [-0.15, -0.1) is 0 Å². The Morgan fingerprint density at radius 2 is 2.10 bits per heavy atom. The number of nitrogens with zero attached hydrogens (tertiary/aromatic N) is 1. The first-order chi connectivity index (χ1) is 9.85. The number of halogens is 2. The lowest BCUT2D eigenvalue weighted by atomic mass is 10.1. The van der Waals surface area contributed by atoms with Crippen molar-refractivity contribution >= 4 is 15.9 Å².